The van der Waals surface area contributed by atoms with Crippen LogP contribution in [0.2, 0.25) is 0 Å². The van der Waals surface area contributed by atoms with Crippen molar-refractivity contribution in [3.05, 3.63) is 48.5 Å². The van der Waals surface area contributed by atoms with E-state index in [2.05, 4.69) is 15.4 Å². The molecule has 0 saturated carbocycles. The Morgan fingerprint density at radius 1 is 1.22 bits per heavy atom. The number of nitrogens with zero attached hydrogens (tertiary/aromatic N) is 3. The van der Waals surface area contributed by atoms with Crippen molar-refractivity contribution in [3.63, 3.8) is 0 Å². The molecular formula is C19H22N6O2. The fraction of sp³-hybridized carbons (Fsp3) is 0.263. The van der Waals surface area contributed by atoms with E-state index in [0.717, 1.165) is 11.1 Å². The molecule has 0 aliphatic rings. The zero-order valence-electron chi connectivity index (χ0n) is 15.4. The van der Waals surface area contributed by atoms with E-state index in [4.69, 9.17) is 11.5 Å². The highest BCUT2D eigenvalue weighted by atomic mass is 16.1. The van der Waals surface area contributed by atoms with E-state index < -0.39 is 17.2 Å². The molecule has 140 valence electrons. The van der Waals surface area contributed by atoms with E-state index in [-0.39, 0.29) is 11.6 Å². The molecule has 0 aliphatic carbocycles. The molecule has 0 aliphatic heterocycles. The van der Waals surface area contributed by atoms with Crippen LogP contribution >= 0.6 is 0 Å². The lowest BCUT2D eigenvalue weighted by Crippen LogP contribution is -2.44. The predicted molar refractivity (Wildman–Crippen MR) is 103 cm³/mol. The molecule has 27 heavy (non-hydrogen) atoms. The first kappa shape index (κ1) is 18.4. The summed E-state index contributed by atoms with van der Waals surface area (Å²) in [6, 6.07) is 5.32. The first-order valence-electron chi connectivity index (χ1n) is 8.50. The summed E-state index contributed by atoms with van der Waals surface area (Å²) < 4.78 is 1.65. The van der Waals surface area contributed by atoms with Gasteiger partial charge in [-0.25, -0.2) is 4.52 Å². The number of fused-ring (bicyclic) bond motifs is 1. The Morgan fingerprint density at radius 2 is 1.96 bits per heavy atom. The number of hydrogen-bond acceptors (Lipinski definition) is 5. The number of carbonyl (C=O) groups excluding carboxylic acids is 2. The van der Waals surface area contributed by atoms with Gasteiger partial charge in [-0.1, -0.05) is 6.07 Å². The van der Waals surface area contributed by atoms with Crippen molar-refractivity contribution in [2.24, 2.45) is 16.9 Å². The largest absolute Gasteiger partial charge is 0.379 e. The van der Waals surface area contributed by atoms with Crippen LogP contribution in [0.25, 0.3) is 16.6 Å². The fourth-order valence-electron chi connectivity index (χ4n) is 2.70. The topological polar surface area (TPSA) is 128 Å². The van der Waals surface area contributed by atoms with E-state index in [0.29, 0.717) is 11.2 Å². The molecule has 0 fully saturated rings. The third kappa shape index (κ3) is 3.33. The van der Waals surface area contributed by atoms with Gasteiger partial charge in [-0.05, 0) is 32.9 Å². The van der Waals surface area contributed by atoms with Crippen LogP contribution in [0, 0.1) is 5.41 Å². The lowest BCUT2D eigenvalue weighted by Gasteiger charge is -2.30. The van der Waals surface area contributed by atoms with E-state index in [1.54, 1.807) is 30.8 Å². The van der Waals surface area contributed by atoms with Crippen molar-refractivity contribution in [1.82, 2.24) is 14.6 Å². The molecule has 0 saturated heterocycles. The number of hydrogen-bond donors (Lipinski definition) is 3. The number of primary amides is 2. The number of amides is 2. The van der Waals surface area contributed by atoms with Crippen LogP contribution in [0.15, 0.2) is 43.0 Å². The molecule has 0 spiro atoms. The number of nitrogens with two attached hydrogens (primary N) is 2. The molecule has 5 N–H and O–H groups in total. The average molecular weight is 366 g/mol. The third-order valence-electron chi connectivity index (χ3n) is 4.98. The van der Waals surface area contributed by atoms with Gasteiger partial charge in [-0.2, -0.15) is 5.10 Å². The predicted octanol–water partition coefficient (Wildman–Crippen LogP) is 1.81. The Kier molecular flexibility index (Phi) is 4.57. The summed E-state index contributed by atoms with van der Waals surface area (Å²) in [5, 5.41) is 7.52. The van der Waals surface area contributed by atoms with Gasteiger partial charge in [0, 0.05) is 35.8 Å². The Labute approximate surface area is 156 Å². The van der Waals surface area contributed by atoms with Gasteiger partial charge in [0.2, 0.25) is 5.91 Å². The maximum atomic E-state index is 11.9. The van der Waals surface area contributed by atoms with Gasteiger partial charge in [0.25, 0.3) is 5.91 Å². The first-order valence-corrected chi connectivity index (χ1v) is 8.50. The molecule has 2 amide bonds. The van der Waals surface area contributed by atoms with Crippen molar-refractivity contribution < 1.29 is 9.59 Å². The van der Waals surface area contributed by atoms with Crippen LogP contribution in [-0.2, 0) is 4.79 Å². The van der Waals surface area contributed by atoms with Crippen LogP contribution < -0.4 is 16.8 Å². The third-order valence-corrected chi connectivity index (χ3v) is 4.98. The molecule has 3 aromatic heterocycles. The lowest BCUT2D eigenvalue weighted by atomic mass is 9.84. The molecule has 3 rings (SSSR count). The molecule has 0 aromatic carbocycles. The lowest BCUT2D eigenvalue weighted by molar-refractivity contribution is -0.126. The minimum Gasteiger partial charge on any atom is -0.379 e. The zero-order chi connectivity index (χ0) is 19.8. The molecule has 1 atom stereocenters. The summed E-state index contributed by atoms with van der Waals surface area (Å²) in [7, 11) is 0. The molecule has 3 heterocycles. The summed E-state index contributed by atoms with van der Waals surface area (Å²) in [6.07, 6.45) is 6.69. The van der Waals surface area contributed by atoms with Gasteiger partial charge >= 0.3 is 0 Å². The van der Waals surface area contributed by atoms with Gasteiger partial charge in [0.1, 0.15) is 0 Å². The minimum absolute atomic E-state index is 0.241. The van der Waals surface area contributed by atoms with Crippen LogP contribution in [0.5, 0.6) is 0 Å². The van der Waals surface area contributed by atoms with Crippen molar-refractivity contribution in [1.29, 1.82) is 0 Å². The second kappa shape index (κ2) is 6.71. The summed E-state index contributed by atoms with van der Waals surface area (Å²) >= 11 is 0. The van der Waals surface area contributed by atoms with Crippen LogP contribution in [0.3, 0.4) is 0 Å². The molecule has 0 radical (unpaired) electrons. The van der Waals surface area contributed by atoms with Crippen molar-refractivity contribution in [3.8, 4) is 11.1 Å². The maximum Gasteiger partial charge on any atom is 0.252 e. The Morgan fingerprint density at radius 3 is 2.56 bits per heavy atom. The van der Waals surface area contributed by atoms with E-state index in [9.17, 15) is 9.59 Å². The highest BCUT2D eigenvalue weighted by molar-refractivity contribution is 6.02. The maximum absolute atomic E-state index is 11.9. The Balaban J connectivity index is 2.13. The van der Waals surface area contributed by atoms with Gasteiger partial charge < -0.3 is 16.8 Å². The highest BCUT2D eigenvalue weighted by Gasteiger charge is 2.33. The smallest absolute Gasteiger partial charge is 0.252 e. The van der Waals surface area contributed by atoms with Crippen molar-refractivity contribution >= 4 is 23.0 Å². The van der Waals surface area contributed by atoms with Crippen molar-refractivity contribution in [2.45, 2.75) is 26.8 Å². The van der Waals surface area contributed by atoms with Gasteiger partial charge in [-0.3, -0.25) is 14.6 Å². The van der Waals surface area contributed by atoms with Crippen LogP contribution in [0.1, 0.15) is 31.1 Å². The van der Waals surface area contributed by atoms with E-state index in [1.807, 2.05) is 31.3 Å². The number of aromatic nitrogens is 3. The van der Waals surface area contributed by atoms with Crippen LogP contribution in [0.4, 0.5) is 5.69 Å². The number of anilines is 1. The number of rotatable bonds is 6. The quantitative estimate of drug-likeness (QED) is 0.613. The zero-order valence-corrected chi connectivity index (χ0v) is 15.4. The molecule has 8 nitrogen and oxygen atoms in total. The molecule has 0 unspecified atom stereocenters. The van der Waals surface area contributed by atoms with Crippen molar-refractivity contribution in [2.75, 3.05) is 5.32 Å². The second-order valence-corrected chi connectivity index (χ2v) is 7.05. The molecule has 8 heteroatoms. The van der Waals surface area contributed by atoms with Gasteiger partial charge in [0.05, 0.1) is 28.4 Å². The highest BCUT2D eigenvalue weighted by Crippen LogP contribution is 2.31. The molecule has 0 bridgehead atoms. The summed E-state index contributed by atoms with van der Waals surface area (Å²) in [6.45, 7) is 5.32. The monoisotopic (exact) mass is 366 g/mol. The Hall–Kier alpha value is -3.42. The normalized spacial score (nSPS) is 12.7. The Bertz CT molecular complexity index is 1010. The first-order chi connectivity index (χ1) is 12.7. The number of nitrogens with one attached hydrogen (secondary N) is 1. The standard InChI is InChI=1S/C19H22N6O2/c1-11(19(2,3)18(21)27)24-16-14(17(20)26)9-23-25-10-13(7-15(16)25)12-5-4-6-22-8-12/h4-11,24H,1-3H3,(H2,20,26)(H2,21,27)/t11-/m1/s1. The molecular weight excluding hydrogens is 344 g/mol. The summed E-state index contributed by atoms with van der Waals surface area (Å²) in [4.78, 5) is 27.9. The SMILES string of the molecule is C[C@@H](Nc1c(C(N)=O)cnn2cc(-c3cccnc3)cc12)C(C)(C)C(N)=O. The minimum atomic E-state index is -0.839. The average Bonchev–Trinajstić information content (AvgIpc) is 3.07. The number of carbonyl (C=O) groups is 2. The second-order valence-electron chi connectivity index (χ2n) is 7.05. The fourth-order valence-corrected chi connectivity index (χ4v) is 2.70. The summed E-state index contributed by atoms with van der Waals surface area (Å²) in [5.41, 5.74) is 13.4. The van der Waals surface area contributed by atoms with E-state index in [1.165, 1.54) is 6.20 Å². The molecule has 3 aromatic rings. The number of pyridine rings is 1. The van der Waals surface area contributed by atoms with Gasteiger partial charge in [-0.15, -0.1) is 0 Å². The van der Waals surface area contributed by atoms with Gasteiger partial charge in [0.15, 0.2) is 0 Å². The van der Waals surface area contributed by atoms with Crippen LogP contribution in [-0.4, -0.2) is 32.5 Å². The summed E-state index contributed by atoms with van der Waals surface area (Å²) in [5.74, 6) is -1.06. The van der Waals surface area contributed by atoms with E-state index >= 15 is 0 Å².